The van der Waals surface area contributed by atoms with E-state index in [0.717, 1.165) is 34.9 Å². The fourth-order valence-corrected chi connectivity index (χ4v) is 3.47. The van der Waals surface area contributed by atoms with Crippen molar-refractivity contribution in [2.24, 2.45) is 10.3 Å². The van der Waals surface area contributed by atoms with Crippen molar-refractivity contribution >= 4 is 12.4 Å². The minimum atomic E-state index is 0.649. The van der Waals surface area contributed by atoms with Gasteiger partial charge >= 0.3 is 0 Å². The Hall–Kier alpha value is -1.14. The van der Waals surface area contributed by atoms with Gasteiger partial charge in [0.1, 0.15) is 13.2 Å². The Balaban J connectivity index is 3.77. The highest BCUT2D eigenvalue weighted by molar-refractivity contribution is 6.15. The average Bonchev–Trinajstić information content (AvgIpc) is 2.69. The quantitative estimate of drug-likeness (QED) is 0.170. The van der Waals surface area contributed by atoms with Crippen LogP contribution in [-0.4, -0.2) is 87.0 Å². The monoisotopic (exact) mass is 372 g/mol. The first-order valence-corrected chi connectivity index (χ1v) is 10.6. The maximum absolute atomic E-state index is 5.29. The Kier molecular flexibility index (Phi) is 14.3. The second-order valence-electron chi connectivity index (χ2n) is 6.91. The summed E-state index contributed by atoms with van der Waals surface area (Å²) in [6.45, 7) is 24.2. The lowest BCUT2D eigenvalue weighted by molar-refractivity contribution is -0.923. The van der Waals surface area contributed by atoms with Crippen molar-refractivity contribution in [2.75, 3.05) is 65.6 Å². The topological polar surface area (TPSA) is 43.2 Å². The van der Waals surface area contributed by atoms with Gasteiger partial charge in [-0.25, -0.2) is 0 Å². The van der Waals surface area contributed by atoms with E-state index in [-0.39, 0.29) is 0 Å². The van der Waals surface area contributed by atoms with Crippen LogP contribution in [0.1, 0.15) is 54.4 Å². The van der Waals surface area contributed by atoms with Gasteiger partial charge in [0.2, 0.25) is 0 Å². The lowest BCUT2D eigenvalue weighted by Crippen LogP contribution is -2.48. The third-order valence-corrected chi connectivity index (χ3v) is 6.10. The van der Waals surface area contributed by atoms with Crippen molar-refractivity contribution in [3.63, 3.8) is 0 Å². The summed E-state index contributed by atoms with van der Waals surface area (Å²) >= 11 is 0. The van der Waals surface area contributed by atoms with Crippen LogP contribution in [-0.2, 0) is 9.68 Å². The van der Waals surface area contributed by atoms with E-state index >= 15 is 0 Å². The van der Waals surface area contributed by atoms with E-state index in [2.05, 4.69) is 51.9 Å². The highest BCUT2D eigenvalue weighted by Crippen LogP contribution is 2.08. The molecule has 0 aliphatic carbocycles. The molecule has 0 aliphatic rings. The summed E-state index contributed by atoms with van der Waals surface area (Å²) in [4.78, 5) is 10.6. The molecule has 0 aromatic heterocycles. The predicted octanol–water partition coefficient (Wildman–Crippen LogP) is 3.52. The molecule has 0 unspecified atom stereocenters. The van der Waals surface area contributed by atoms with Crippen molar-refractivity contribution in [3.8, 4) is 0 Å². The summed E-state index contributed by atoms with van der Waals surface area (Å²) in [5.74, 6) is 0. The summed E-state index contributed by atoms with van der Waals surface area (Å²) < 4.78 is 2.30. The molecular weight excluding hydrogens is 328 g/mol. The zero-order valence-corrected chi connectivity index (χ0v) is 18.2. The molecule has 0 saturated carbocycles. The van der Waals surface area contributed by atoms with Crippen LogP contribution >= 0.6 is 0 Å². The van der Waals surface area contributed by atoms with Gasteiger partial charge in [-0.3, -0.25) is 0 Å². The predicted molar refractivity (Wildman–Crippen MR) is 112 cm³/mol. The number of rotatable bonds is 17. The van der Waals surface area contributed by atoms with E-state index in [1.54, 1.807) is 12.4 Å². The van der Waals surface area contributed by atoms with E-state index in [1.165, 1.54) is 39.3 Å². The van der Waals surface area contributed by atoms with Gasteiger partial charge in [-0.05, 0) is 41.5 Å². The highest BCUT2D eigenvalue weighted by atomic mass is 16.6. The second kappa shape index (κ2) is 15.0. The minimum Gasteiger partial charge on any atom is -0.396 e. The average molecular weight is 373 g/mol. The summed E-state index contributed by atoms with van der Waals surface area (Å²) in [7, 11) is 0. The zero-order chi connectivity index (χ0) is 19.7. The smallest absolute Gasteiger partial charge is 0.122 e. The Morgan fingerprint density at radius 3 is 1.15 bits per heavy atom. The molecule has 0 spiro atoms. The number of oxime groups is 2. The van der Waals surface area contributed by atoms with E-state index < -0.39 is 0 Å². The van der Waals surface area contributed by atoms with Crippen molar-refractivity contribution in [3.05, 3.63) is 0 Å². The van der Waals surface area contributed by atoms with E-state index in [4.69, 9.17) is 9.68 Å². The SMILES string of the molecule is CC[N+](CC)(CC)CCCO/N=C\C=N/OCCC[N+](CC)(CC)CC. The Labute approximate surface area is 162 Å². The van der Waals surface area contributed by atoms with E-state index in [9.17, 15) is 0 Å². The molecule has 6 heteroatoms. The first-order chi connectivity index (χ1) is 12.6. The maximum Gasteiger partial charge on any atom is 0.122 e. The molecule has 0 amide bonds. The fraction of sp³-hybridized carbons (Fsp3) is 0.900. The molecule has 0 aliphatic heterocycles. The summed E-state index contributed by atoms with van der Waals surface area (Å²) in [5.41, 5.74) is 0. The van der Waals surface area contributed by atoms with E-state index in [0.29, 0.717) is 13.2 Å². The second-order valence-corrected chi connectivity index (χ2v) is 6.91. The molecule has 0 fully saturated rings. The molecule has 0 rings (SSSR count). The van der Waals surface area contributed by atoms with Gasteiger partial charge in [-0.1, -0.05) is 10.3 Å². The minimum absolute atomic E-state index is 0.649. The van der Waals surface area contributed by atoms with Crippen LogP contribution in [0.5, 0.6) is 0 Å². The van der Waals surface area contributed by atoms with Gasteiger partial charge in [0.25, 0.3) is 0 Å². The van der Waals surface area contributed by atoms with Crippen LogP contribution in [0, 0.1) is 0 Å². The van der Waals surface area contributed by atoms with Gasteiger partial charge in [0.15, 0.2) is 0 Å². The molecule has 0 bridgehead atoms. The number of quaternary nitrogens is 2. The summed E-state index contributed by atoms with van der Waals surface area (Å²) in [6.07, 6.45) is 5.14. The Morgan fingerprint density at radius 2 is 0.885 bits per heavy atom. The van der Waals surface area contributed by atoms with Crippen molar-refractivity contribution in [1.82, 2.24) is 0 Å². The third-order valence-electron chi connectivity index (χ3n) is 6.10. The fourth-order valence-electron chi connectivity index (χ4n) is 3.47. The van der Waals surface area contributed by atoms with Crippen LogP contribution in [0.15, 0.2) is 10.3 Å². The van der Waals surface area contributed by atoms with Crippen molar-refractivity contribution in [1.29, 1.82) is 0 Å². The van der Waals surface area contributed by atoms with Crippen molar-refractivity contribution in [2.45, 2.75) is 54.4 Å². The van der Waals surface area contributed by atoms with Gasteiger partial charge < -0.3 is 18.6 Å². The van der Waals surface area contributed by atoms with Gasteiger partial charge in [0.05, 0.1) is 64.8 Å². The van der Waals surface area contributed by atoms with Crippen LogP contribution < -0.4 is 0 Å². The molecule has 0 aromatic rings. The third kappa shape index (κ3) is 9.53. The van der Waals surface area contributed by atoms with E-state index in [1.807, 2.05) is 0 Å². The van der Waals surface area contributed by atoms with Crippen LogP contribution in [0.4, 0.5) is 0 Å². The molecule has 26 heavy (non-hydrogen) atoms. The number of nitrogens with zero attached hydrogens (tertiary/aromatic N) is 4. The molecule has 154 valence electrons. The summed E-state index contributed by atoms with van der Waals surface area (Å²) in [5, 5.41) is 7.80. The standard InChI is InChI=1S/C20H44N4O2/c1-7-23(8-2,9-3)17-13-19-25-21-15-16-22-26-20-14-18-24(10-4,11-5)12-6/h15-16H,7-14,17-20H2,1-6H3/q+2/b21-15-,22-16-. The largest absolute Gasteiger partial charge is 0.396 e. The van der Waals surface area contributed by atoms with Crippen molar-refractivity contribution < 1.29 is 18.6 Å². The Bertz CT molecular complexity index is 325. The molecular formula is C20H44N4O2+2. The number of hydrogen-bond acceptors (Lipinski definition) is 4. The molecule has 0 heterocycles. The normalized spacial score (nSPS) is 13.0. The molecule has 0 aromatic carbocycles. The van der Waals surface area contributed by atoms with Crippen LogP contribution in [0.2, 0.25) is 0 Å². The molecule has 0 N–H and O–H groups in total. The molecule has 6 nitrogen and oxygen atoms in total. The highest BCUT2D eigenvalue weighted by Gasteiger charge is 2.20. The lowest BCUT2D eigenvalue weighted by Gasteiger charge is -2.35. The first kappa shape index (κ1) is 24.9. The first-order valence-electron chi connectivity index (χ1n) is 10.6. The zero-order valence-electron chi connectivity index (χ0n) is 18.2. The lowest BCUT2D eigenvalue weighted by atomic mass is 10.3. The number of hydrogen-bond donors (Lipinski definition) is 0. The maximum atomic E-state index is 5.29. The molecule has 0 radical (unpaired) electrons. The van der Waals surface area contributed by atoms with Gasteiger partial charge in [-0.15, -0.1) is 0 Å². The summed E-state index contributed by atoms with van der Waals surface area (Å²) in [6, 6.07) is 0. The molecule has 0 saturated heterocycles. The Morgan fingerprint density at radius 1 is 0.577 bits per heavy atom. The van der Waals surface area contributed by atoms with Gasteiger partial charge in [0, 0.05) is 12.8 Å². The van der Waals surface area contributed by atoms with Gasteiger partial charge in [-0.2, -0.15) is 0 Å². The van der Waals surface area contributed by atoms with Crippen LogP contribution in [0.3, 0.4) is 0 Å². The molecule has 0 atom stereocenters. The van der Waals surface area contributed by atoms with Crippen LogP contribution in [0.25, 0.3) is 0 Å².